The fraction of sp³-hybridized carbons (Fsp3) is 0.375. The molecule has 1 aliphatic rings. The fourth-order valence-electron chi connectivity index (χ4n) is 3.96. The van der Waals surface area contributed by atoms with Crippen molar-refractivity contribution < 1.29 is 24.2 Å². The Morgan fingerprint density at radius 2 is 2.00 bits per heavy atom. The Morgan fingerprint density at radius 1 is 1.18 bits per heavy atom. The molecule has 10 heteroatoms. The maximum absolute atomic E-state index is 12.1. The first-order chi connectivity index (χ1) is 16.5. The average Bonchev–Trinajstić information content (AvgIpc) is 3.23. The number of carbonyl (C=O) groups is 2. The summed E-state index contributed by atoms with van der Waals surface area (Å²) < 4.78 is 12.8. The molecular formula is C24H27N5O5. The molecule has 1 saturated carbocycles. The zero-order valence-electron chi connectivity index (χ0n) is 18.9. The Kier molecular flexibility index (Phi) is 7.36. The number of rotatable bonds is 8. The second-order valence-electron chi connectivity index (χ2n) is 8.24. The van der Waals surface area contributed by atoms with Crippen LogP contribution in [0, 0.1) is 5.92 Å². The Hall–Kier alpha value is -3.95. The highest BCUT2D eigenvalue weighted by molar-refractivity contribution is 5.70. The number of nitrogens with zero attached hydrogens (tertiary/aromatic N) is 4. The van der Waals surface area contributed by atoms with Gasteiger partial charge in [-0.3, -0.25) is 9.78 Å². The molecular weight excluding hydrogens is 438 g/mol. The van der Waals surface area contributed by atoms with E-state index in [0.29, 0.717) is 35.7 Å². The zero-order valence-corrected chi connectivity index (χ0v) is 18.9. The van der Waals surface area contributed by atoms with Gasteiger partial charge in [-0.2, -0.15) is 0 Å². The summed E-state index contributed by atoms with van der Waals surface area (Å²) >= 11 is 0. The highest BCUT2D eigenvalue weighted by Crippen LogP contribution is 2.28. The first kappa shape index (κ1) is 23.2. The molecule has 1 aliphatic carbocycles. The zero-order chi connectivity index (χ0) is 23.9. The third kappa shape index (κ3) is 5.89. The molecule has 0 saturated heterocycles. The smallest absolute Gasteiger partial charge is 0.407 e. The van der Waals surface area contributed by atoms with Crippen LogP contribution in [0.5, 0.6) is 5.75 Å². The maximum Gasteiger partial charge on any atom is 0.407 e. The van der Waals surface area contributed by atoms with Crippen LogP contribution >= 0.6 is 0 Å². The van der Waals surface area contributed by atoms with E-state index < -0.39 is 12.1 Å². The van der Waals surface area contributed by atoms with Crippen LogP contribution in [0.25, 0.3) is 11.4 Å². The number of pyridine rings is 1. The normalized spacial score (nSPS) is 17.7. The maximum atomic E-state index is 12.1. The lowest BCUT2D eigenvalue weighted by atomic mass is 9.87. The second kappa shape index (κ2) is 10.8. The molecule has 0 bridgehead atoms. The number of aromatic nitrogens is 4. The van der Waals surface area contributed by atoms with Gasteiger partial charge in [0.1, 0.15) is 18.1 Å². The summed E-state index contributed by atoms with van der Waals surface area (Å²) in [6.07, 6.45) is 3.76. The van der Waals surface area contributed by atoms with Gasteiger partial charge in [-0.25, -0.2) is 9.48 Å². The molecule has 1 aromatic carbocycles. The summed E-state index contributed by atoms with van der Waals surface area (Å²) in [5, 5.41) is 20.2. The van der Waals surface area contributed by atoms with E-state index in [-0.39, 0.29) is 25.2 Å². The van der Waals surface area contributed by atoms with Crippen LogP contribution in [-0.4, -0.2) is 43.3 Å². The Bertz CT molecular complexity index is 1120. The largest absolute Gasteiger partial charge is 0.489 e. The third-order valence-corrected chi connectivity index (χ3v) is 5.81. The average molecular weight is 466 g/mol. The van der Waals surface area contributed by atoms with Crippen molar-refractivity contribution in [1.82, 2.24) is 25.3 Å². The van der Waals surface area contributed by atoms with Crippen molar-refractivity contribution >= 4 is 12.1 Å². The van der Waals surface area contributed by atoms with Gasteiger partial charge in [0.2, 0.25) is 0 Å². The molecule has 3 aromatic rings. The lowest BCUT2D eigenvalue weighted by molar-refractivity contribution is -0.143. The van der Waals surface area contributed by atoms with Crippen molar-refractivity contribution in [1.29, 1.82) is 0 Å². The Labute approximate surface area is 196 Å². The van der Waals surface area contributed by atoms with Crippen molar-refractivity contribution in [3.05, 3.63) is 59.9 Å². The quantitative estimate of drug-likeness (QED) is 0.518. The fourth-order valence-corrected chi connectivity index (χ4v) is 3.96. The van der Waals surface area contributed by atoms with E-state index in [2.05, 4.69) is 20.6 Å². The number of alkyl carbamates (subject to hydrolysis) is 1. The Morgan fingerprint density at radius 3 is 2.74 bits per heavy atom. The van der Waals surface area contributed by atoms with Gasteiger partial charge in [0.05, 0.1) is 36.2 Å². The van der Waals surface area contributed by atoms with Crippen molar-refractivity contribution in [2.45, 2.75) is 44.9 Å². The van der Waals surface area contributed by atoms with Gasteiger partial charge >= 0.3 is 12.1 Å². The molecule has 0 radical (unpaired) electrons. The summed E-state index contributed by atoms with van der Waals surface area (Å²) in [5.41, 5.74) is 2.70. The number of hydrogen-bond donors (Lipinski definition) is 2. The SMILES string of the molecule is Cn1nnc(-c2ccc(O[C@H]3CCC[C@H](C(=O)O)C3)cn2)c1CNC(=O)OCc1ccccc1. The molecule has 2 aromatic heterocycles. The van der Waals surface area contributed by atoms with Crippen LogP contribution in [-0.2, 0) is 29.7 Å². The molecule has 2 atom stereocenters. The van der Waals surface area contributed by atoms with E-state index in [0.717, 1.165) is 18.4 Å². The standard InChI is InChI=1S/C24H27N5O5/c1-29-21(14-26-24(32)33-15-16-6-3-2-4-7-16)22(27-28-29)20-11-10-19(13-25-20)34-18-9-5-8-17(12-18)23(30)31/h2-4,6-7,10-11,13,17-18H,5,8-9,12,14-15H2,1H3,(H,26,32)(H,30,31)/t17-,18-/m0/s1. The first-order valence-corrected chi connectivity index (χ1v) is 11.2. The Balaban J connectivity index is 1.34. The van der Waals surface area contributed by atoms with Crippen molar-refractivity contribution in [2.24, 2.45) is 13.0 Å². The predicted molar refractivity (Wildman–Crippen MR) is 122 cm³/mol. The number of aryl methyl sites for hydroxylation is 1. The van der Waals surface area contributed by atoms with Crippen molar-refractivity contribution in [3.8, 4) is 17.1 Å². The van der Waals surface area contributed by atoms with E-state index >= 15 is 0 Å². The van der Waals surface area contributed by atoms with Gasteiger partial charge in [0.15, 0.2) is 0 Å². The topological polar surface area (TPSA) is 128 Å². The number of ether oxygens (including phenoxy) is 2. The molecule has 1 amide bonds. The van der Waals surface area contributed by atoms with Gasteiger partial charge < -0.3 is 19.9 Å². The molecule has 34 heavy (non-hydrogen) atoms. The van der Waals surface area contributed by atoms with Gasteiger partial charge in [-0.15, -0.1) is 5.10 Å². The lowest BCUT2D eigenvalue weighted by Gasteiger charge is -2.27. The number of amides is 1. The number of aliphatic carboxylic acids is 1. The molecule has 2 N–H and O–H groups in total. The monoisotopic (exact) mass is 465 g/mol. The number of carboxylic acid groups (broad SMARTS) is 1. The van der Waals surface area contributed by atoms with E-state index in [1.54, 1.807) is 30.1 Å². The van der Waals surface area contributed by atoms with E-state index in [1.807, 2.05) is 30.3 Å². The van der Waals surface area contributed by atoms with E-state index in [4.69, 9.17) is 9.47 Å². The summed E-state index contributed by atoms with van der Waals surface area (Å²) in [4.78, 5) is 27.8. The second-order valence-corrected chi connectivity index (χ2v) is 8.24. The minimum atomic E-state index is -0.769. The number of nitrogens with one attached hydrogen (secondary N) is 1. The predicted octanol–water partition coefficient (Wildman–Crippen LogP) is 3.33. The van der Waals surface area contributed by atoms with Crippen LogP contribution in [0.2, 0.25) is 0 Å². The van der Waals surface area contributed by atoms with Crippen molar-refractivity contribution in [3.63, 3.8) is 0 Å². The summed E-state index contributed by atoms with van der Waals surface area (Å²) in [6, 6.07) is 13.0. The molecule has 10 nitrogen and oxygen atoms in total. The van der Waals surface area contributed by atoms with Gasteiger partial charge in [0.25, 0.3) is 0 Å². The molecule has 0 aliphatic heterocycles. The summed E-state index contributed by atoms with van der Waals surface area (Å²) in [5.74, 6) is -0.553. The molecule has 0 unspecified atom stereocenters. The first-order valence-electron chi connectivity index (χ1n) is 11.2. The minimum absolute atomic E-state index is 0.138. The third-order valence-electron chi connectivity index (χ3n) is 5.81. The van der Waals surface area contributed by atoms with Crippen molar-refractivity contribution in [2.75, 3.05) is 0 Å². The van der Waals surface area contributed by atoms with Crippen LogP contribution in [0.1, 0.15) is 36.9 Å². The van der Waals surface area contributed by atoms with E-state index in [1.165, 1.54) is 0 Å². The molecule has 4 rings (SSSR count). The lowest BCUT2D eigenvalue weighted by Crippen LogP contribution is -2.29. The molecule has 2 heterocycles. The molecule has 1 fully saturated rings. The molecule has 0 spiro atoms. The number of hydrogen-bond acceptors (Lipinski definition) is 7. The highest BCUT2D eigenvalue weighted by atomic mass is 16.5. The van der Waals surface area contributed by atoms with Crippen LogP contribution in [0.3, 0.4) is 0 Å². The van der Waals surface area contributed by atoms with Crippen LogP contribution in [0.15, 0.2) is 48.7 Å². The minimum Gasteiger partial charge on any atom is -0.489 e. The van der Waals surface area contributed by atoms with Gasteiger partial charge in [-0.1, -0.05) is 35.5 Å². The highest BCUT2D eigenvalue weighted by Gasteiger charge is 2.28. The van der Waals surface area contributed by atoms with Crippen LogP contribution < -0.4 is 10.1 Å². The number of carbonyl (C=O) groups excluding carboxylic acids is 1. The summed E-state index contributed by atoms with van der Waals surface area (Å²) in [7, 11) is 1.74. The van der Waals surface area contributed by atoms with Gasteiger partial charge in [0, 0.05) is 7.05 Å². The van der Waals surface area contributed by atoms with Gasteiger partial charge in [-0.05, 0) is 43.4 Å². The van der Waals surface area contributed by atoms with E-state index in [9.17, 15) is 14.7 Å². The van der Waals surface area contributed by atoms with Crippen LogP contribution in [0.4, 0.5) is 4.79 Å². The summed E-state index contributed by atoms with van der Waals surface area (Å²) in [6.45, 7) is 0.353. The number of benzene rings is 1. The molecule has 178 valence electrons. The number of carboxylic acids is 1.